The van der Waals surface area contributed by atoms with Crippen molar-refractivity contribution in [1.82, 2.24) is 5.32 Å². The first-order chi connectivity index (χ1) is 8.70. The first-order valence-corrected chi connectivity index (χ1v) is 6.17. The number of ether oxygens (including phenoxy) is 1. The summed E-state index contributed by atoms with van der Waals surface area (Å²) in [7, 11) is 1.90. The normalized spacial score (nSPS) is 10.6. The van der Waals surface area contributed by atoms with Crippen LogP contribution in [0.4, 0.5) is 0 Å². The molecule has 0 aliphatic heterocycles. The Hall–Kier alpha value is -1.45. The minimum atomic E-state index is 0.408. The second-order valence-electron chi connectivity index (χ2n) is 4.10. The fourth-order valence-electron chi connectivity index (χ4n) is 1.71. The molecule has 18 heavy (non-hydrogen) atoms. The van der Waals surface area contributed by atoms with Crippen LogP contribution in [0.25, 0.3) is 0 Å². The lowest BCUT2D eigenvalue weighted by atomic mass is 10.2. The van der Waals surface area contributed by atoms with Gasteiger partial charge in [-0.2, -0.15) is 0 Å². The first-order valence-electron chi connectivity index (χ1n) is 5.79. The van der Waals surface area contributed by atoms with E-state index in [2.05, 4.69) is 5.32 Å². The lowest BCUT2D eigenvalue weighted by Crippen LogP contribution is -2.07. The molecular formula is C14H16ClNO2. The maximum Gasteiger partial charge on any atom is 0.146 e. The van der Waals surface area contributed by atoms with E-state index in [1.54, 1.807) is 6.26 Å². The van der Waals surface area contributed by atoms with Crippen LogP contribution in [-0.2, 0) is 13.2 Å². The van der Waals surface area contributed by atoms with Gasteiger partial charge in [0.05, 0.1) is 6.26 Å². The van der Waals surface area contributed by atoms with Crippen LogP contribution in [0.5, 0.6) is 5.75 Å². The van der Waals surface area contributed by atoms with E-state index >= 15 is 0 Å². The van der Waals surface area contributed by atoms with Crippen LogP contribution < -0.4 is 10.1 Å². The maximum absolute atomic E-state index is 5.95. The van der Waals surface area contributed by atoms with Crippen molar-refractivity contribution in [2.45, 2.75) is 20.1 Å². The van der Waals surface area contributed by atoms with Crippen molar-refractivity contribution in [2.75, 3.05) is 7.05 Å². The van der Waals surface area contributed by atoms with Crippen molar-refractivity contribution in [1.29, 1.82) is 0 Å². The number of aryl methyl sites for hydroxylation is 1. The van der Waals surface area contributed by atoms with Gasteiger partial charge in [0.25, 0.3) is 0 Å². The van der Waals surface area contributed by atoms with Gasteiger partial charge in [-0.25, -0.2) is 0 Å². The Bertz CT molecular complexity index is 522. The Kier molecular flexibility index (Phi) is 4.28. The summed E-state index contributed by atoms with van der Waals surface area (Å²) in [4.78, 5) is 0. The highest BCUT2D eigenvalue weighted by molar-refractivity contribution is 6.30. The molecule has 0 bridgehead atoms. The van der Waals surface area contributed by atoms with Gasteiger partial charge in [-0.15, -0.1) is 0 Å². The number of hydrogen-bond acceptors (Lipinski definition) is 3. The van der Waals surface area contributed by atoms with Crippen molar-refractivity contribution in [3.63, 3.8) is 0 Å². The fourth-order valence-corrected chi connectivity index (χ4v) is 1.88. The zero-order chi connectivity index (χ0) is 13.0. The quantitative estimate of drug-likeness (QED) is 0.898. The molecule has 1 N–H and O–H groups in total. The molecule has 2 rings (SSSR count). The molecule has 0 radical (unpaired) electrons. The van der Waals surface area contributed by atoms with Crippen LogP contribution in [-0.4, -0.2) is 7.05 Å². The number of rotatable bonds is 5. The molecule has 0 fully saturated rings. The largest absolute Gasteiger partial charge is 0.485 e. The number of benzene rings is 1. The summed E-state index contributed by atoms with van der Waals surface area (Å²) >= 11 is 5.95. The molecule has 3 nitrogen and oxygen atoms in total. The third-order valence-electron chi connectivity index (χ3n) is 2.71. The molecule has 2 aromatic rings. The number of nitrogens with one attached hydrogen (secondary N) is 1. The van der Waals surface area contributed by atoms with E-state index in [4.69, 9.17) is 20.8 Å². The molecular weight excluding hydrogens is 250 g/mol. The smallest absolute Gasteiger partial charge is 0.146 e. The first kappa shape index (κ1) is 13.0. The number of furan rings is 1. The molecule has 0 aliphatic rings. The SMILES string of the molecule is CNCc1ccoc1COc1cc(Cl)ccc1C. The van der Waals surface area contributed by atoms with Crippen LogP contribution in [0.3, 0.4) is 0 Å². The van der Waals surface area contributed by atoms with Gasteiger partial charge in [0.1, 0.15) is 18.1 Å². The third kappa shape index (κ3) is 3.06. The van der Waals surface area contributed by atoms with E-state index in [0.29, 0.717) is 11.6 Å². The Labute approximate surface area is 112 Å². The Morgan fingerprint density at radius 1 is 1.33 bits per heavy atom. The van der Waals surface area contributed by atoms with E-state index in [-0.39, 0.29) is 0 Å². The van der Waals surface area contributed by atoms with Crippen molar-refractivity contribution in [3.8, 4) is 5.75 Å². The highest BCUT2D eigenvalue weighted by atomic mass is 35.5. The minimum absolute atomic E-state index is 0.408. The highest BCUT2D eigenvalue weighted by Crippen LogP contribution is 2.24. The third-order valence-corrected chi connectivity index (χ3v) is 2.95. The van der Waals surface area contributed by atoms with Gasteiger partial charge >= 0.3 is 0 Å². The maximum atomic E-state index is 5.95. The molecule has 0 aliphatic carbocycles. The van der Waals surface area contributed by atoms with Gasteiger partial charge in [-0.3, -0.25) is 0 Å². The van der Waals surface area contributed by atoms with E-state index < -0.39 is 0 Å². The number of halogens is 1. The molecule has 1 aromatic heterocycles. The average Bonchev–Trinajstić information content (AvgIpc) is 2.78. The Morgan fingerprint density at radius 3 is 2.94 bits per heavy atom. The van der Waals surface area contributed by atoms with Gasteiger partial charge in [0.15, 0.2) is 0 Å². The number of hydrogen-bond donors (Lipinski definition) is 1. The summed E-state index contributed by atoms with van der Waals surface area (Å²) in [5.41, 5.74) is 2.17. The Morgan fingerprint density at radius 2 is 2.17 bits per heavy atom. The molecule has 0 saturated heterocycles. The summed E-state index contributed by atoms with van der Waals surface area (Å²) in [6.07, 6.45) is 1.68. The van der Waals surface area contributed by atoms with E-state index in [1.165, 1.54) is 0 Å². The summed E-state index contributed by atoms with van der Waals surface area (Å²) in [5, 5.41) is 3.76. The van der Waals surface area contributed by atoms with Gasteiger partial charge < -0.3 is 14.5 Å². The van der Waals surface area contributed by atoms with Gasteiger partial charge in [-0.1, -0.05) is 17.7 Å². The standard InChI is InChI=1S/C14H16ClNO2/c1-10-3-4-12(15)7-13(10)18-9-14-11(8-16-2)5-6-17-14/h3-7,16H,8-9H2,1-2H3. The fraction of sp³-hybridized carbons (Fsp3) is 0.286. The molecule has 1 heterocycles. The van der Waals surface area contributed by atoms with Crippen LogP contribution in [0.1, 0.15) is 16.9 Å². The molecule has 4 heteroatoms. The van der Waals surface area contributed by atoms with Crippen LogP contribution in [0.2, 0.25) is 5.02 Å². The minimum Gasteiger partial charge on any atom is -0.485 e. The lowest BCUT2D eigenvalue weighted by molar-refractivity contribution is 0.266. The van der Waals surface area contributed by atoms with E-state index in [0.717, 1.165) is 29.2 Å². The van der Waals surface area contributed by atoms with Crippen LogP contribution >= 0.6 is 11.6 Å². The van der Waals surface area contributed by atoms with Gasteiger partial charge in [0.2, 0.25) is 0 Å². The second kappa shape index (κ2) is 5.94. The van der Waals surface area contributed by atoms with Crippen molar-refractivity contribution >= 4 is 11.6 Å². The van der Waals surface area contributed by atoms with Gasteiger partial charge in [-0.05, 0) is 37.7 Å². The van der Waals surface area contributed by atoms with Crippen LogP contribution in [0, 0.1) is 6.92 Å². The van der Waals surface area contributed by atoms with Gasteiger partial charge in [0, 0.05) is 17.1 Å². The van der Waals surface area contributed by atoms with Crippen LogP contribution in [0.15, 0.2) is 34.9 Å². The van der Waals surface area contributed by atoms with E-state index in [9.17, 15) is 0 Å². The molecule has 0 spiro atoms. The summed E-state index contributed by atoms with van der Waals surface area (Å²) in [6, 6.07) is 7.55. The zero-order valence-electron chi connectivity index (χ0n) is 10.5. The topological polar surface area (TPSA) is 34.4 Å². The predicted molar refractivity (Wildman–Crippen MR) is 72.0 cm³/mol. The second-order valence-corrected chi connectivity index (χ2v) is 4.53. The predicted octanol–water partition coefficient (Wildman–Crippen LogP) is 3.54. The lowest BCUT2D eigenvalue weighted by Gasteiger charge is -2.09. The molecule has 1 aromatic carbocycles. The summed E-state index contributed by atoms with van der Waals surface area (Å²) in [6.45, 7) is 3.16. The highest BCUT2D eigenvalue weighted by Gasteiger charge is 2.07. The molecule has 0 unspecified atom stereocenters. The van der Waals surface area contributed by atoms with Crippen molar-refractivity contribution in [3.05, 3.63) is 52.4 Å². The molecule has 0 amide bonds. The molecule has 0 atom stereocenters. The zero-order valence-corrected chi connectivity index (χ0v) is 11.3. The average molecular weight is 266 g/mol. The summed E-state index contributed by atoms with van der Waals surface area (Å²) in [5.74, 6) is 1.62. The molecule has 96 valence electrons. The van der Waals surface area contributed by atoms with Crippen molar-refractivity contribution in [2.24, 2.45) is 0 Å². The monoisotopic (exact) mass is 265 g/mol. The van der Waals surface area contributed by atoms with E-state index in [1.807, 2.05) is 38.2 Å². The molecule has 0 saturated carbocycles. The van der Waals surface area contributed by atoms with Crippen molar-refractivity contribution < 1.29 is 9.15 Å². The Balaban J connectivity index is 2.06. The summed E-state index contributed by atoms with van der Waals surface area (Å²) < 4.78 is 11.2.